The fraction of sp³-hybridized carbons (Fsp3) is 0.938. The number of alkyl halides is 2. The van der Waals surface area contributed by atoms with Gasteiger partial charge in [0.1, 0.15) is 11.1 Å². The molecule has 0 radical (unpaired) electrons. The molecule has 46 heavy (non-hydrogen) atoms. The number of halogens is 2. The zero-order valence-corrected chi connectivity index (χ0v) is 34.3. The Balaban J connectivity index is 3.05. The van der Waals surface area contributed by atoms with Crippen LogP contribution >= 0.6 is 45.2 Å². The van der Waals surface area contributed by atoms with E-state index in [2.05, 4.69) is 10.6 Å². The number of hydrogen-bond acceptors (Lipinski definition) is 10. The van der Waals surface area contributed by atoms with E-state index in [0.717, 1.165) is 0 Å². The first-order valence-corrected chi connectivity index (χ1v) is 17.9. The minimum atomic E-state index is -1.92. The third kappa shape index (κ3) is 5.40. The lowest BCUT2D eigenvalue weighted by atomic mass is 9.50. The third-order valence-corrected chi connectivity index (χ3v) is 15.9. The number of nitrogens with one attached hydrogen (secondary N) is 2. The molecule has 2 amide bonds. The van der Waals surface area contributed by atoms with Crippen LogP contribution in [0.3, 0.4) is 0 Å². The van der Waals surface area contributed by atoms with Crippen molar-refractivity contribution in [2.24, 2.45) is 10.8 Å². The topological polar surface area (TPSA) is 176 Å². The van der Waals surface area contributed by atoms with Crippen LogP contribution in [-0.2, 0) is 28.5 Å². The maximum Gasteiger partial charge on any atom is 0.217 e. The second kappa shape index (κ2) is 12.7. The lowest BCUT2D eigenvalue weighted by Crippen LogP contribution is -2.89. The Morgan fingerprint density at radius 3 is 1.70 bits per heavy atom. The number of carbonyl (C=O) groups excluding carboxylic acids is 2. The van der Waals surface area contributed by atoms with Crippen molar-refractivity contribution >= 4 is 57.0 Å². The quantitative estimate of drug-likeness (QED) is 0.134. The summed E-state index contributed by atoms with van der Waals surface area (Å²) in [6, 6.07) is 0. The van der Waals surface area contributed by atoms with Gasteiger partial charge in [0.25, 0.3) is 0 Å². The van der Waals surface area contributed by atoms with Crippen LogP contribution in [0.25, 0.3) is 0 Å². The van der Waals surface area contributed by atoms with E-state index in [4.69, 9.17) is 18.9 Å². The molecule has 2 aliphatic heterocycles. The van der Waals surface area contributed by atoms with Gasteiger partial charge in [0.05, 0.1) is 53.0 Å². The molecule has 270 valence electrons. The summed E-state index contributed by atoms with van der Waals surface area (Å²) in [5.41, 5.74) is -12.3. The molecule has 2 aliphatic rings. The predicted octanol–water partition coefficient (Wildman–Crippen LogP) is 3.31. The first-order chi connectivity index (χ1) is 20.4. The van der Waals surface area contributed by atoms with Crippen LogP contribution in [0, 0.1) is 10.8 Å². The number of amides is 2. The van der Waals surface area contributed by atoms with Crippen molar-refractivity contribution in [2.75, 3.05) is 26.4 Å². The van der Waals surface area contributed by atoms with Crippen LogP contribution in [0.4, 0.5) is 0 Å². The van der Waals surface area contributed by atoms with Gasteiger partial charge in [-0.25, -0.2) is 0 Å². The molecule has 2 rings (SSSR count). The largest absolute Gasteiger partial charge is 0.392 e. The summed E-state index contributed by atoms with van der Waals surface area (Å²) in [6.07, 6.45) is 0.205. The molecule has 0 spiro atoms. The Morgan fingerprint density at radius 2 is 1.30 bits per heavy atom. The summed E-state index contributed by atoms with van der Waals surface area (Å²) >= 11 is 3.98. The second-order valence-corrected chi connectivity index (χ2v) is 18.4. The van der Waals surface area contributed by atoms with E-state index in [9.17, 15) is 30.0 Å². The van der Waals surface area contributed by atoms with Gasteiger partial charge in [-0.2, -0.15) is 0 Å². The summed E-state index contributed by atoms with van der Waals surface area (Å²) in [4.78, 5) is 25.4. The maximum absolute atomic E-state index is 13.0. The van der Waals surface area contributed by atoms with Crippen molar-refractivity contribution < 1.29 is 49.0 Å². The maximum atomic E-state index is 13.0. The Bertz CT molecular complexity index is 1190. The van der Waals surface area contributed by atoms with Gasteiger partial charge in [-0.1, -0.05) is 20.8 Å². The van der Waals surface area contributed by atoms with Gasteiger partial charge in [0, 0.05) is 20.5 Å². The molecule has 10 atom stereocenters. The summed E-state index contributed by atoms with van der Waals surface area (Å²) in [5, 5.41) is 53.4. The van der Waals surface area contributed by atoms with E-state index in [1.807, 2.05) is 59.0 Å². The van der Waals surface area contributed by atoms with Gasteiger partial charge >= 0.3 is 0 Å². The molecular weight excluding hydrogens is 826 g/mol. The number of hydrogen-bond donors (Lipinski definition) is 6. The summed E-state index contributed by atoms with van der Waals surface area (Å²) in [5.74, 6) is -2.78. The fourth-order valence-electron chi connectivity index (χ4n) is 8.34. The van der Waals surface area contributed by atoms with E-state index in [1.54, 1.807) is 69.2 Å². The molecule has 0 aromatic heterocycles. The van der Waals surface area contributed by atoms with Gasteiger partial charge in [-0.15, -0.1) is 0 Å². The molecular formula is C32H58I2N2O10. The lowest BCUT2D eigenvalue weighted by Gasteiger charge is -2.73. The highest BCUT2D eigenvalue weighted by atomic mass is 127. The number of carbonyl (C=O) groups is 2. The van der Waals surface area contributed by atoms with Gasteiger partial charge in [-0.05, 0) is 114 Å². The van der Waals surface area contributed by atoms with Gasteiger partial charge in [0.15, 0.2) is 13.0 Å². The van der Waals surface area contributed by atoms with E-state index < -0.39 is 76.4 Å². The summed E-state index contributed by atoms with van der Waals surface area (Å²) in [7, 11) is 0. The minimum absolute atomic E-state index is 0.114. The molecule has 7 unspecified atom stereocenters. The van der Waals surface area contributed by atoms with Crippen molar-refractivity contribution in [3.05, 3.63) is 0 Å². The minimum Gasteiger partial charge on any atom is -0.392 e. The predicted molar refractivity (Wildman–Crippen MR) is 191 cm³/mol. The lowest BCUT2D eigenvalue weighted by molar-refractivity contribution is -0.446. The fourth-order valence-corrected chi connectivity index (χ4v) is 11.2. The van der Waals surface area contributed by atoms with Crippen LogP contribution < -0.4 is 10.6 Å². The highest BCUT2D eigenvalue weighted by molar-refractivity contribution is 14.1. The van der Waals surface area contributed by atoms with Crippen LogP contribution in [-0.4, -0.2) is 105 Å². The van der Waals surface area contributed by atoms with E-state index in [1.165, 1.54) is 13.8 Å². The van der Waals surface area contributed by atoms with Crippen LogP contribution in [0.1, 0.15) is 103 Å². The van der Waals surface area contributed by atoms with E-state index in [0.29, 0.717) is 6.61 Å². The highest BCUT2D eigenvalue weighted by Crippen LogP contribution is 2.68. The van der Waals surface area contributed by atoms with Crippen molar-refractivity contribution in [3.8, 4) is 0 Å². The molecule has 14 heteroatoms. The Morgan fingerprint density at radius 1 is 0.826 bits per heavy atom. The van der Waals surface area contributed by atoms with Gasteiger partial charge in [0.2, 0.25) is 11.8 Å². The Kier molecular flexibility index (Phi) is 11.7. The monoisotopic (exact) mass is 884 g/mol. The Hall–Kier alpha value is 0.0800. The molecule has 0 saturated carbocycles. The van der Waals surface area contributed by atoms with Crippen LogP contribution in [0.2, 0.25) is 0 Å². The van der Waals surface area contributed by atoms with Crippen molar-refractivity contribution in [2.45, 2.75) is 150 Å². The molecule has 0 aromatic carbocycles. The van der Waals surface area contributed by atoms with Crippen LogP contribution in [0.15, 0.2) is 0 Å². The number of rotatable bonds is 11. The van der Waals surface area contributed by atoms with E-state index in [-0.39, 0.29) is 18.9 Å². The van der Waals surface area contributed by atoms with Crippen molar-refractivity contribution in [3.63, 3.8) is 0 Å². The molecule has 12 nitrogen and oxygen atoms in total. The molecule has 0 aliphatic carbocycles. The standard InChI is InChI=1S/C32H58I2N2O10/c1-15-24(8,26(10)28(12,41)23(7,35-20(3)39)19-44-31(26,33)17-37)45-30(14)27(11,36-21(4)40)29(13,42)25(9,22(5,6)43-16-2)32(34,18-38)46-30/h37-38,41-42H,15-19H2,1-14H3,(H,35,39)(H,36,40)/t23?,24?,25-,26-,27?,28?,29?,30+,31?,32?/m0/s1. The van der Waals surface area contributed by atoms with Gasteiger partial charge < -0.3 is 50.0 Å². The molecule has 0 bridgehead atoms. The van der Waals surface area contributed by atoms with Gasteiger partial charge in [-0.3, -0.25) is 9.59 Å². The molecule has 2 saturated heterocycles. The molecule has 2 heterocycles. The van der Waals surface area contributed by atoms with Crippen molar-refractivity contribution in [1.82, 2.24) is 10.6 Å². The zero-order valence-electron chi connectivity index (χ0n) is 30.0. The third-order valence-electron chi connectivity index (χ3n) is 12.5. The Labute approximate surface area is 302 Å². The average molecular weight is 885 g/mol. The normalized spacial score (nSPS) is 46.3. The van der Waals surface area contributed by atoms with Crippen molar-refractivity contribution in [1.29, 1.82) is 0 Å². The van der Waals surface area contributed by atoms with E-state index >= 15 is 0 Å². The molecule has 0 aromatic rings. The SMILES string of the molecule is CCOC(C)(C)[C@]1(C)C(I)(CO)O[C@@](C)(OC(C)(CC)[C@]2(C)C(I)(CO)OCC(C)(NC(C)=O)C2(C)O)C(C)(NC(C)=O)C1(C)O. The number of aliphatic hydroxyl groups is 4. The average Bonchev–Trinajstić information content (AvgIpc) is 2.91. The van der Waals surface area contributed by atoms with Crippen LogP contribution in [0.5, 0.6) is 0 Å². The first-order valence-electron chi connectivity index (χ1n) is 15.7. The number of ether oxygens (including phenoxy) is 4. The highest BCUT2D eigenvalue weighted by Gasteiger charge is 2.82. The summed E-state index contributed by atoms with van der Waals surface area (Å²) in [6.45, 7) is 22.3. The number of aliphatic hydroxyl groups excluding tert-OH is 2. The molecule has 2 fully saturated rings. The second-order valence-electron chi connectivity index (χ2n) is 15.0. The summed E-state index contributed by atoms with van der Waals surface area (Å²) < 4.78 is 23.6. The molecule has 6 N–H and O–H groups in total. The zero-order chi connectivity index (χ0) is 36.4. The smallest absolute Gasteiger partial charge is 0.217 e. The first kappa shape index (κ1) is 42.2.